The van der Waals surface area contributed by atoms with E-state index >= 15 is 0 Å². The Kier molecular flexibility index (Phi) is 6.05. The zero-order valence-corrected chi connectivity index (χ0v) is 17.4. The number of ether oxygens (including phenoxy) is 1. The van der Waals surface area contributed by atoms with Gasteiger partial charge in [-0.05, 0) is 41.8 Å². The molecule has 0 saturated heterocycles. The molecule has 1 aliphatic rings. The third kappa shape index (κ3) is 4.19. The van der Waals surface area contributed by atoms with Crippen LogP contribution in [0.1, 0.15) is 16.9 Å². The van der Waals surface area contributed by atoms with Gasteiger partial charge in [-0.25, -0.2) is 0 Å². The molecule has 0 saturated carbocycles. The van der Waals surface area contributed by atoms with Gasteiger partial charge in [0.05, 0.1) is 29.6 Å². The maximum atomic E-state index is 13.2. The first-order valence-corrected chi connectivity index (χ1v) is 10.6. The number of carbonyl (C=O) groups is 2. The Morgan fingerprint density at radius 2 is 1.70 bits per heavy atom. The van der Waals surface area contributed by atoms with Gasteiger partial charge < -0.3 is 9.15 Å². The maximum Gasteiger partial charge on any atom is 0.268 e. The minimum atomic E-state index is -0.261. The summed E-state index contributed by atoms with van der Waals surface area (Å²) >= 11 is 1.33. The monoisotopic (exact) mass is 419 g/mol. The Morgan fingerprint density at radius 1 is 0.933 bits per heavy atom. The number of hydrogen-bond donors (Lipinski definition) is 0. The van der Waals surface area contributed by atoms with Crippen LogP contribution in [0.15, 0.2) is 82.3 Å². The second-order valence-corrected chi connectivity index (χ2v) is 7.78. The second kappa shape index (κ2) is 9.05. The lowest BCUT2D eigenvalue weighted by Crippen LogP contribution is -2.33. The van der Waals surface area contributed by atoms with Crippen molar-refractivity contribution < 1.29 is 18.7 Å². The molecular weight excluding hydrogens is 398 g/mol. The highest BCUT2D eigenvalue weighted by atomic mass is 32.2. The second-order valence-electron chi connectivity index (χ2n) is 6.80. The van der Waals surface area contributed by atoms with Crippen LogP contribution in [-0.4, -0.2) is 30.4 Å². The Balaban J connectivity index is 1.60. The number of nitrogens with zero attached hydrogens (tertiary/aromatic N) is 1. The van der Waals surface area contributed by atoms with E-state index in [9.17, 15) is 9.59 Å². The molecule has 1 aromatic heterocycles. The third-order valence-corrected chi connectivity index (χ3v) is 6.01. The van der Waals surface area contributed by atoms with Crippen LogP contribution in [-0.2, 0) is 21.8 Å². The smallest absolute Gasteiger partial charge is 0.268 e. The summed E-state index contributed by atoms with van der Waals surface area (Å²) in [5.74, 6) is 1.42. The highest BCUT2D eigenvalue weighted by molar-refractivity contribution is 8.03. The van der Waals surface area contributed by atoms with Gasteiger partial charge in [0.15, 0.2) is 0 Å². The SMILES string of the molecule is COc1ccc(C2=C(SCc3ccco3)C(=O)N(CCc3ccccc3)C2=O)cc1. The van der Waals surface area contributed by atoms with Crippen molar-refractivity contribution in [1.82, 2.24) is 4.90 Å². The van der Waals surface area contributed by atoms with E-state index in [0.717, 1.165) is 11.3 Å². The van der Waals surface area contributed by atoms with Crippen LogP contribution in [0, 0.1) is 0 Å². The molecule has 2 amide bonds. The average molecular weight is 420 g/mol. The Hall–Kier alpha value is -3.25. The molecule has 5 nitrogen and oxygen atoms in total. The van der Waals surface area contributed by atoms with Crippen molar-refractivity contribution in [3.05, 3.63) is 94.8 Å². The number of carbonyl (C=O) groups excluding carboxylic acids is 2. The van der Waals surface area contributed by atoms with Gasteiger partial charge in [0, 0.05) is 6.54 Å². The Bertz CT molecular complexity index is 1060. The van der Waals surface area contributed by atoms with Crippen LogP contribution < -0.4 is 4.74 Å². The van der Waals surface area contributed by atoms with E-state index in [1.807, 2.05) is 54.6 Å². The van der Waals surface area contributed by atoms with Crippen molar-refractivity contribution in [3.63, 3.8) is 0 Å². The van der Waals surface area contributed by atoms with Crippen molar-refractivity contribution in [2.75, 3.05) is 13.7 Å². The predicted octanol–water partition coefficient (Wildman–Crippen LogP) is 4.54. The minimum absolute atomic E-state index is 0.252. The first-order valence-electron chi connectivity index (χ1n) is 9.61. The van der Waals surface area contributed by atoms with E-state index in [0.29, 0.717) is 40.5 Å². The summed E-state index contributed by atoms with van der Waals surface area (Å²) in [5, 5.41) is 0. The summed E-state index contributed by atoms with van der Waals surface area (Å²) in [6.45, 7) is 0.339. The summed E-state index contributed by atoms with van der Waals surface area (Å²) in [7, 11) is 1.59. The van der Waals surface area contributed by atoms with Gasteiger partial charge in [-0.2, -0.15) is 0 Å². The molecule has 0 unspecified atom stereocenters. The van der Waals surface area contributed by atoms with Crippen molar-refractivity contribution in [3.8, 4) is 5.75 Å². The van der Waals surface area contributed by atoms with Crippen LogP contribution >= 0.6 is 11.8 Å². The van der Waals surface area contributed by atoms with E-state index in [1.165, 1.54) is 16.7 Å². The van der Waals surface area contributed by atoms with E-state index in [1.54, 1.807) is 25.5 Å². The molecule has 152 valence electrons. The third-order valence-electron chi connectivity index (χ3n) is 4.91. The van der Waals surface area contributed by atoms with Crippen molar-refractivity contribution >= 4 is 29.1 Å². The van der Waals surface area contributed by atoms with Gasteiger partial charge in [0.2, 0.25) is 0 Å². The van der Waals surface area contributed by atoms with Gasteiger partial charge in [0.25, 0.3) is 11.8 Å². The molecule has 0 fully saturated rings. The molecule has 0 radical (unpaired) electrons. The molecule has 0 bridgehead atoms. The number of furan rings is 1. The highest BCUT2D eigenvalue weighted by Crippen LogP contribution is 2.38. The van der Waals surface area contributed by atoms with Crippen LogP contribution in [0.2, 0.25) is 0 Å². The first-order chi connectivity index (χ1) is 14.7. The number of imide groups is 1. The highest BCUT2D eigenvalue weighted by Gasteiger charge is 2.38. The molecule has 0 atom stereocenters. The summed E-state index contributed by atoms with van der Waals surface area (Å²) in [6, 6.07) is 20.7. The number of rotatable bonds is 8. The largest absolute Gasteiger partial charge is 0.497 e. The van der Waals surface area contributed by atoms with Crippen LogP contribution in [0.25, 0.3) is 5.57 Å². The van der Waals surface area contributed by atoms with E-state index in [2.05, 4.69) is 0 Å². The molecule has 3 aromatic rings. The zero-order chi connectivity index (χ0) is 20.9. The molecule has 4 rings (SSSR count). The van der Waals surface area contributed by atoms with Gasteiger partial charge >= 0.3 is 0 Å². The van der Waals surface area contributed by atoms with Crippen molar-refractivity contribution in [2.45, 2.75) is 12.2 Å². The lowest BCUT2D eigenvalue weighted by atomic mass is 10.1. The zero-order valence-electron chi connectivity index (χ0n) is 16.5. The molecule has 30 heavy (non-hydrogen) atoms. The first kappa shape index (κ1) is 20.0. The number of hydrogen-bond acceptors (Lipinski definition) is 5. The fourth-order valence-electron chi connectivity index (χ4n) is 3.33. The molecule has 1 aliphatic heterocycles. The Morgan fingerprint density at radius 3 is 2.37 bits per heavy atom. The standard InChI is InChI=1S/C24H21NO4S/c1-28-19-11-9-18(10-12-19)21-22(30-16-20-8-5-15-29-20)24(27)25(23(21)26)14-13-17-6-3-2-4-7-17/h2-12,15H,13-14,16H2,1H3. The van der Waals surface area contributed by atoms with Gasteiger partial charge in [0.1, 0.15) is 11.5 Å². The molecule has 0 aliphatic carbocycles. The van der Waals surface area contributed by atoms with E-state index in [4.69, 9.17) is 9.15 Å². The quantitative estimate of drug-likeness (QED) is 0.502. The summed E-state index contributed by atoms with van der Waals surface area (Å²) < 4.78 is 10.6. The number of thioether (sulfide) groups is 1. The summed E-state index contributed by atoms with van der Waals surface area (Å²) in [6.07, 6.45) is 2.22. The maximum absolute atomic E-state index is 13.2. The molecular formula is C24H21NO4S. The lowest BCUT2D eigenvalue weighted by Gasteiger charge is -2.15. The van der Waals surface area contributed by atoms with Crippen molar-refractivity contribution in [1.29, 1.82) is 0 Å². The number of amides is 2. The fourth-order valence-corrected chi connectivity index (χ4v) is 4.36. The van der Waals surface area contributed by atoms with E-state index in [-0.39, 0.29) is 11.8 Å². The van der Waals surface area contributed by atoms with Crippen LogP contribution in [0.5, 0.6) is 5.75 Å². The topological polar surface area (TPSA) is 59.8 Å². The van der Waals surface area contributed by atoms with Crippen LogP contribution in [0.3, 0.4) is 0 Å². The van der Waals surface area contributed by atoms with Crippen LogP contribution in [0.4, 0.5) is 0 Å². The van der Waals surface area contributed by atoms with Gasteiger partial charge in [-0.15, -0.1) is 11.8 Å². The minimum Gasteiger partial charge on any atom is -0.497 e. The lowest BCUT2D eigenvalue weighted by molar-refractivity contribution is -0.136. The van der Waals surface area contributed by atoms with Crippen molar-refractivity contribution in [2.24, 2.45) is 0 Å². The molecule has 2 heterocycles. The molecule has 6 heteroatoms. The fraction of sp³-hybridized carbons (Fsp3) is 0.167. The summed E-state index contributed by atoms with van der Waals surface area (Å²) in [5.41, 5.74) is 2.23. The normalized spacial score (nSPS) is 14.0. The molecule has 2 aromatic carbocycles. The number of methoxy groups -OCH3 is 1. The average Bonchev–Trinajstić information content (AvgIpc) is 3.38. The molecule has 0 N–H and O–H groups in total. The number of benzene rings is 2. The Labute approximate surface area is 179 Å². The predicted molar refractivity (Wildman–Crippen MR) is 117 cm³/mol. The van der Waals surface area contributed by atoms with E-state index < -0.39 is 0 Å². The molecule has 0 spiro atoms. The summed E-state index contributed by atoms with van der Waals surface area (Å²) in [4.78, 5) is 28.2. The van der Waals surface area contributed by atoms with Gasteiger partial charge in [-0.3, -0.25) is 14.5 Å². The van der Waals surface area contributed by atoms with Gasteiger partial charge in [-0.1, -0.05) is 42.5 Å².